The van der Waals surface area contributed by atoms with Crippen molar-refractivity contribution in [2.24, 2.45) is 5.92 Å². The molecule has 0 bridgehead atoms. The molecule has 4 heterocycles. The molecule has 214 valence electrons. The zero-order chi connectivity index (χ0) is 29.1. The summed E-state index contributed by atoms with van der Waals surface area (Å²) in [4.78, 5) is 56.9. The Balaban J connectivity index is 1.43. The maximum Gasteiger partial charge on any atom is 0.416 e. The number of halogens is 4. The highest BCUT2D eigenvalue weighted by Gasteiger charge is 2.57. The van der Waals surface area contributed by atoms with Gasteiger partial charge in [-0.2, -0.15) is 13.2 Å². The minimum Gasteiger partial charge on any atom is -0.341 e. The molecule has 7 nitrogen and oxygen atoms in total. The fourth-order valence-electron chi connectivity index (χ4n) is 5.77. The minimum absolute atomic E-state index is 0.154. The Morgan fingerprint density at radius 3 is 2.41 bits per heavy atom. The third-order valence-corrected chi connectivity index (χ3v) is 10.8. The topological polar surface area (TPSA) is 79.7 Å². The number of imide groups is 1. The molecule has 0 saturated carbocycles. The van der Waals surface area contributed by atoms with Gasteiger partial charge in [-0.1, -0.05) is 57.2 Å². The van der Waals surface area contributed by atoms with Gasteiger partial charge in [0.25, 0.3) is 0 Å². The highest BCUT2D eigenvalue weighted by atomic mass is 79.9. The van der Waals surface area contributed by atoms with Gasteiger partial charge < -0.3 is 4.90 Å². The van der Waals surface area contributed by atoms with E-state index in [1.165, 1.54) is 16.7 Å². The molecule has 3 aromatic rings. The van der Waals surface area contributed by atoms with Crippen LogP contribution in [-0.4, -0.2) is 45.5 Å². The summed E-state index contributed by atoms with van der Waals surface area (Å²) in [5, 5.41) is -0.539. The molecule has 2 fully saturated rings. The first-order valence-electron chi connectivity index (χ1n) is 13.0. The zero-order valence-electron chi connectivity index (χ0n) is 21.4. The van der Waals surface area contributed by atoms with Gasteiger partial charge in [0.15, 0.2) is 0 Å². The fourth-order valence-corrected chi connectivity index (χ4v) is 8.96. The number of anilines is 1. The molecule has 3 unspecified atom stereocenters. The average molecular weight is 667 g/mol. The molecular formula is C28H23BrF3N3O4S2. The van der Waals surface area contributed by atoms with E-state index in [0.29, 0.717) is 28.6 Å². The number of carbonyl (C=O) groups is 3. The number of rotatable bonds is 4. The first kappa shape index (κ1) is 28.2. The quantitative estimate of drug-likeness (QED) is 0.344. The van der Waals surface area contributed by atoms with Crippen LogP contribution >= 0.6 is 39.0 Å². The Hall–Kier alpha value is -2.90. The second-order valence-electron chi connectivity index (χ2n) is 10.2. The lowest BCUT2D eigenvalue weighted by Crippen LogP contribution is -2.39. The van der Waals surface area contributed by atoms with Crippen LogP contribution in [0.4, 0.5) is 18.9 Å². The van der Waals surface area contributed by atoms with Gasteiger partial charge in [0.05, 0.1) is 22.2 Å². The number of likely N-dealkylation sites (tertiary alicyclic amines) is 1. The van der Waals surface area contributed by atoms with Crippen molar-refractivity contribution in [2.75, 3.05) is 18.0 Å². The number of nitrogens with zero attached hydrogens (tertiary/aromatic N) is 3. The molecule has 41 heavy (non-hydrogen) atoms. The Morgan fingerprint density at radius 1 is 0.976 bits per heavy atom. The lowest BCUT2D eigenvalue weighted by molar-refractivity contribution is -0.137. The van der Waals surface area contributed by atoms with Gasteiger partial charge in [0.2, 0.25) is 17.7 Å². The molecule has 0 spiro atoms. The number of alkyl halides is 3. The summed E-state index contributed by atoms with van der Waals surface area (Å²) in [5.74, 6) is -3.12. The van der Waals surface area contributed by atoms with Crippen molar-refractivity contribution < 1.29 is 27.6 Å². The van der Waals surface area contributed by atoms with Crippen LogP contribution in [0.1, 0.15) is 41.2 Å². The van der Waals surface area contributed by atoms with Crippen LogP contribution in [0, 0.1) is 5.92 Å². The molecule has 3 aliphatic rings. The molecule has 13 heteroatoms. The molecular weight excluding hydrogens is 643 g/mol. The molecule has 0 aliphatic carbocycles. The minimum atomic E-state index is -4.65. The summed E-state index contributed by atoms with van der Waals surface area (Å²) in [6.45, 7) is 1.06. The van der Waals surface area contributed by atoms with Crippen molar-refractivity contribution in [1.29, 1.82) is 0 Å². The normalized spacial score (nSPS) is 22.6. The third kappa shape index (κ3) is 5.05. The second-order valence-corrected chi connectivity index (χ2v) is 13.3. The van der Waals surface area contributed by atoms with Gasteiger partial charge in [0, 0.05) is 28.4 Å². The number of hydrogen-bond acceptors (Lipinski definition) is 6. The molecule has 3 aliphatic heterocycles. The van der Waals surface area contributed by atoms with E-state index < -0.39 is 40.6 Å². The van der Waals surface area contributed by atoms with Gasteiger partial charge in [-0.25, -0.2) is 4.90 Å². The van der Waals surface area contributed by atoms with Crippen molar-refractivity contribution >= 4 is 62.4 Å². The van der Waals surface area contributed by atoms with Crippen molar-refractivity contribution in [3.05, 3.63) is 78.7 Å². The van der Waals surface area contributed by atoms with Gasteiger partial charge in [-0.05, 0) is 55.2 Å². The number of hydrogen-bond donors (Lipinski definition) is 0. The number of benzene rings is 2. The largest absolute Gasteiger partial charge is 0.416 e. The fraction of sp³-hybridized carbons (Fsp3) is 0.357. The smallest absolute Gasteiger partial charge is 0.341 e. The van der Waals surface area contributed by atoms with Gasteiger partial charge in [-0.3, -0.25) is 23.7 Å². The standard InChI is InChI=1S/C28H23BrF3N3O4S2/c29-17-8-4-6-15(12-17)20-21-22(25(38)35(24(21)37)18-9-5-7-16(13-18)28(30,31)32)40-26-23(20)41-27(39)34(26)14-19(36)33-10-2-1-3-11-33/h4-9,12-13,20-22H,1-3,10-11,14H2. The van der Waals surface area contributed by atoms with Crippen LogP contribution in [0.3, 0.4) is 0 Å². The van der Waals surface area contributed by atoms with Crippen LogP contribution in [0.15, 0.2) is 62.8 Å². The lowest BCUT2D eigenvalue weighted by Gasteiger charge is -2.31. The summed E-state index contributed by atoms with van der Waals surface area (Å²) >= 11 is 5.43. The number of piperidine rings is 1. The Kier molecular flexibility index (Phi) is 7.39. The molecule has 1 aromatic heterocycles. The predicted molar refractivity (Wildman–Crippen MR) is 152 cm³/mol. The highest BCUT2D eigenvalue weighted by Crippen LogP contribution is 2.54. The van der Waals surface area contributed by atoms with Crippen LogP contribution in [-0.2, 0) is 27.1 Å². The molecule has 3 amide bonds. The number of thioether (sulfide) groups is 1. The van der Waals surface area contributed by atoms with Crippen LogP contribution in [0.5, 0.6) is 0 Å². The molecule has 6 rings (SSSR count). The van der Waals surface area contributed by atoms with E-state index in [1.54, 1.807) is 29.2 Å². The summed E-state index contributed by atoms with van der Waals surface area (Å²) in [6.07, 6.45) is -1.81. The van der Waals surface area contributed by atoms with Gasteiger partial charge in [-0.15, -0.1) is 0 Å². The molecule has 0 N–H and O–H groups in total. The lowest BCUT2D eigenvalue weighted by atomic mass is 9.83. The van der Waals surface area contributed by atoms with E-state index in [-0.39, 0.29) is 23.0 Å². The number of fused-ring (bicyclic) bond motifs is 2. The maximum atomic E-state index is 13.9. The predicted octanol–water partition coefficient (Wildman–Crippen LogP) is 5.50. The second kappa shape index (κ2) is 10.7. The van der Waals surface area contributed by atoms with E-state index in [1.807, 2.05) is 0 Å². The van der Waals surface area contributed by atoms with E-state index in [0.717, 1.165) is 63.9 Å². The number of thiazole rings is 1. The van der Waals surface area contributed by atoms with E-state index in [4.69, 9.17) is 0 Å². The molecule has 2 aromatic carbocycles. The Morgan fingerprint density at radius 2 is 1.71 bits per heavy atom. The monoisotopic (exact) mass is 665 g/mol. The van der Waals surface area contributed by atoms with Crippen molar-refractivity contribution in [2.45, 2.75) is 48.2 Å². The number of aromatic nitrogens is 1. The van der Waals surface area contributed by atoms with Crippen LogP contribution in [0.25, 0.3) is 0 Å². The van der Waals surface area contributed by atoms with E-state index in [2.05, 4.69) is 15.9 Å². The zero-order valence-corrected chi connectivity index (χ0v) is 24.6. The van der Waals surface area contributed by atoms with Crippen LogP contribution in [0.2, 0.25) is 0 Å². The summed E-state index contributed by atoms with van der Waals surface area (Å²) < 4.78 is 42.5. The SMILES string of the molecule is O=C(Cn1c2c(sc1=O)C(c1cccc(Br)c1)C1C(=O)N(c3cccc(C(F)(F)F)c3)C(=O)C1S2)N1CCCCC1. The first-order valence-corrected chi connectivity index (χ1v) is 15.5. The van der Waals surface area contributed by atoms with E-state index >= 15 is 0 Å². The Labute approximate surface area is 249 Å². The van der Waals surface area contributed by atoms with Crippen molar-refractivity contribution in [3.8, 4) is 0 Å². The first-order chi connectivity index (χ1) is 19.5. The van der Waals surface area contributed by atoms with Crippen molar-refractivity contribution in [3.63, 3.8) is 0 Å². The summed E-state index contributed by atoms with van der Waals surface area (Å²) in [6, 6.07) is 11.3. The summed E-state index contributed by atoms with van der Waals surface area (Å²) in [5.41, 5.74) is -0.441. The average Bonchev–Trinajstić information content (AvgIpc) is 3.39. The highest BCUT2D eigenvalue weighted by molar-refractivity contribution is 9.10. The third-order valence-electron chi connectivity index (χ3n) is 7.69. The molecule has 0 radical (unpaired) electrons. The van der Waals surface area contributed by atoms with Gasteiger partial charge in [0.1, 0.15) is 11.8 Å². The maximum absolute atomic E-state index is 13.9. The Bertz CT molecular complexity index is 1620. The van der Waals surface area contributed by atoms with E-state index in [9.17, 15) is 32.3 Å². The number of amides is 3. The molecule has 3 atom stereocenters. The number of carbonyl (C=O) groups excluding carboxylic acids is 3. The van der Waals surface area contributed by atoms with Gasteiger partial charge >= 0.3 is 11.0 Å². The summed E-state index contributed by atoms with van der Waals surface area (Å²) in [7, 11) is 0. The van der Waals surface area contributed by atoms with Crippen LogP contribution < -0.4 is 9.77 Å². The molecule has 2 saturated heterocycles. The van der Waals surface area contributed by atoms with Crippen molar-refractivity contribution in [1.82, 2.24) is 9.47 Å².